The number of halogens is 3. The van der Waals surface area contributed by atoms with Crippen LogP contribution in [0.5, 0.6) is 0 Å². The third-order valence-corrected chi connectivity index (χ3v) is 4.16. The molecule has 0 bridgehead atoms. The second-order valence-electron chi connectivity index (χ2n) is 5.15. The third kappa shape index (κ3) is 5.13. The van der Waals surface area contributed by atoms with Gasteiger partial charge in [0.05, 0.1) is 0 Å². The van der Waals surface area contributed by atoms with E-state index in [-0.39, 0.29) is 6.54 Å². The maximum absolute atomic E-state index is 11.9. The molecule has 0 radical (unpaired) electrons. The molecule has 4 nitrogen and oxygen atoms in total. The number of nitrogens with one attached hydrogen (secondary N) is 2. The molecule has 0 aliphatic heterocycles. The number of rotatable bonds is 4. The fourth-order valence-electron chi connectivity index (χ4n) is 2.06. The molecule has 7 heteroatoms. The van der Waals surface area contributed by atoms with E-state index in [4.69, 9.17) is 34.8 Å². The van der Waals surface area contributed by atoms with Crippen molar-refractivity contribution in [3.8, 4) is 0 Å². The number of anilines is 1. The van der Waals surface area contributed by atoms with Crippen molar-refractivity contribution >= 4 is 52.3 Å². The predicted octanol–water partition coefficient (Wildman–Crippen LogP) is 4.25. The van der Waals surface area contributed by atoms with Crippen molar-refractivity contribution in [3.05, 3.63) is 62.6 Å². The van der Waals surface area contributed by atoms with Gasteiger partial charge in [-0.15, -0.1) is 0 Å². The van der Waals surface area contributed by atoms with Crippen LogP contribution in [-0.4, -0.2) is 18.4 Å². The minimum absolute atomic E-state index is 0.285. The number of aryl methyl sites for hydroxylation is 1. The SMILES string of the molecule is Cc1cc(Cl)ccc1NC(=O)C(=O)NCCc1ccc(Cl)cc1Cl. The fourth-order valence-corrected chi connectivity index (χ4v) is 2.79. The Balaban J connectivity index is 1.86. The summed E-state index contributed by atoms with van der Waals surface area (Å²) in [5.41, 5.74) is 2.16. The van der Waals surface area contributed by atoms with Gasteiger partial charge in [-0.25, -0.2) is 0 Å². The van der Waals surface area contributed by atoms with E-state index in [0.29, 0.717) is 27.2 Å². The zero-order valence-electron chi connectivity index (χ0n) is 12.8. The first-order valence-electron chi connectivity index (χ1n) is 7.16. The first-order chi connectivity index (χ1) is 11.4. The molecule has 0 atom stereocenters. The van der Waals surface area contributed by atoms with Gasteiger partial charge in [0.2, 0.25) is 0 Å². The average molecular weight is 386 g/mol. The standard InChI is InChI=1S/C17H15Cl3N2O2/c1-10-8-12(18)4-5-15(10)22-17(24)16(23)21-7-6-11-2-3-13(19)9-14(11)20/h2-5,8-9H,6-7H2,1H3,(H,21,23)(H,22,24). The minimum Gasteiger partial charge on any atom is -0.347 e. The van der Waals surface area contributed by atoms with Crippen molar-refractivity contribution in [2.75, 3.05) is 11.9 Å². The Morgan fingerprint density at radius 3 is 2.29 bits per heavy atom. The number of carbonyl (C=O) groups is 2. The molecule has 0 saturated heterocycles. The summed E-state index contributed by atoms with van der Waals surface area (Å²) >= 11 is 17.7. The Kier molecular flexibility index (Phi) is 6.49. The lowest BCUT2D eigenvalue weighted by Gasteiger charge is -2.09. The largest absolute Gasteiger partial charge is 0.347 e. The summed E-state index contributed by atoms with van der Waals surface area (Å²) in [6.45, 7) is 2.08. The van der Waals surface area contributed by atoms with E-state index in [9.17, 15) is 9.59 Å². The van der Waals surface area contributed by atoms with E-state index in [1.54, 1.807) is 43.3 Å². The highest BCUT2D eigenvalue weighted by atomic mass is 35.5. The van der Waals surface area contributed by atoms with Gasteiger partial charge < -0.3 is 10.6 Å². The van der Waals surface area contributed by atoms with Crippen LogP contribution in [0.4, 0.5) is 5.69 Å². The number of amides is 2. The summed E-state index contributed by atoms with van der Waals surface area (Å²) in [7, 11) is 0. The van der Waals surface area contributed by atoms with E-state index < -0.39 is 11.8 Å². The van der Waals surface area contributed by atoms with Crippen LogP contribution in [0.2, 0.25) is 15.1 Å². The lowest BCUT2D eigenvalue weighted by molar-refractivity contribution is -0.136. The van der Waals surface area contributed by atoms with Crippen molar-refractivity contribution in [3.63, 3.8) is 0 Å². The Morgan fingerprint density at radius 2 is 1.62 bits per heavy atom. The molecule has 0 aliphatic rings. The van der Waals surface area contributed by atoms with E-state index in [2.05, 4.69) is 10.6 Å². The molecule has 2 rings (SSSR count). The molecule has 0 heterocycles. The first kappa shape index (κ1) is 18.6. The minimum atomic E-state index is -0.734. The van der Waals surface area contributed by atoms with Crippen LogP contribution in [0.15, 0.2) is 36.4 Å². The Labute approximate surface area is 155 Å². The normalized spacial score (nSPS) is 10.3. The average Bonchev–Trinajstić information content (AvgIpc) is 2.52. The van der Waals surface area contributed by atoms with Crippen molar-refractivity contribution in [2.45, 2.75) is 13.3 Å². The number of hydrogen-bond donors (Lipinski definition) is 2. The molecular weight excluding hydrogens is 371 g/mol. The van der Waals surface area contributed by atoms with Gasteiger partial charge in [0.25, 0.3) is 0 Å². The molecule has 2 aromatic carbocycles. The molecule has 126 valence electrons. The second-order valence-corrected chi connectivity index (χ2v) is 6.44. The molecule has 0 aliphatic carbocycles. The summed E-state index contributed by atoms with van der Waals surface area (Å²) in [5, 5.41) is 6.74. The summed E-state index contributed by atoms with van der Waals surface area (Å²) in [6, 6.07) is 10.1. The molecule has 0 aromatic heterocycles. The maximum Gasteiger partial charge on any atom is 0.313 e. The zero-order chi connectivity index (χ0) is 17.7. The Bertz CT molecular complexity index is 778. The van der Waals surface area contributed by atoms with Gasteiger partial charge in [-0.1, -0.05) is 40.9 Å². The van der Waals surface area contributed by atoms with Crippen molar-refractivity contribution in [1.82, 2.24) is 5.32 Å². The van der Waals surface area contributed by atoms with E-state index >= 15 is 0 Å². The number of benzene rings is 2. The smallest absolute Gasteiger partial charge is 0.313 e. The molecule has 0 fully saturated rings. The van der Waals surface area contributed by atoms with Crippen molar-refractivity contribution in [2.24, 2.45) is 0 Å². The van der Waals surface area contributed by atoms with Crippen LogP contribution in [0.3, 0.4) is 0 Å². The molecule has 0 saturated carbocycles. The number of hydrogen-bond acceptors (Lipinski definition) is 2. The summed E-state index contributed by atoms with van der Waals surface area (Å²) in [5.74, 6) is -1.45. The second kappa shape index (κ2) is 8.38. The first-order valence-corrected chi connectivity index (χ1v) is 8.29. The van der Waals surface area contributed by atoms with Crippen molar-refractivity contribution in [1.29, 1.82) is 0 Å². The predicted molar refractivity (Wildman–Crippen MR) is 98.0 cm³/mol. The van der Waals surface area contributed by atoms with Crippen LogP contribution in [0.25, 0.3) is 0 Å². The molecule has 24 heavy (non-hydrogen) atoms. The lowest BCUT2D eigenvalue weighted by Crippen LogP contribution is -2.36. The van der Waals surface area contributed by atoms with Crippen LogP contribution < -0.4 is 10.6 Å². The summed E-state index contributed by atoms with van der Waals surface area (Å²) in [4.78, 5) is 23.8. The molecule has 0 unspecified atom stereocenters. The van der Waals surface area contributed by atoms with Gasteiger partial charge in [-0.05, 0) is 54.8 Å². The van der Waals surface area contributed by atoms with E-state index in [1.165, 1.54) is 0 Å². The van der Waals surface area contributed by atoms with Gasteiger partial charge in [-0.2, -0.15) is 0 Å². The van der Waals surface area contributed by atoms with Crippen LogP contribution in [-0.2, 0) is 16.0 Å². The zero-order valence-corrected chi connectivity index (χ0v) is 15.1. The maximum atomic E-state index is 11.9. The van der Waals surface area contributed by atoms with Gasteiger partial charge in [0, 0.05) is 27.3 Å². The molecule has 2 amide bonds. The Hall–Kier alpha value is -1.75. The van der Waals surface area contributed by atoms with Gasteiger partial charge >= 0.3 is 11.8 Å². The van der Waals surface area contributed by atoms with Crippen LogP contribution in [0, 0.1) is 6.92 Å². The highest BCUT2D eigenvalue weighted by Gasteiger charge is 2.14. The number of carbonyl (C=O) groups excluding carboxylic acids is 2. The monoisotopic (exact) mass is 384 g/mol. The van der Waals surface area contributed by atoms with E-state index in [1.807, 2.05) is 0 Å². The molecular formula is C17H15Cl3N2O2. The van der Waals surface area contributed by atoms with Crippen LogP contribution in [0.1, 0.15) is 11.1 Å². The highest BCUT2D eigenvalue weighted by Crippen LogP contribution is 2.21. The molecule has 2 aromatic rings. The molecule has 0 spiro atoms. The molecule has 2 N–H and O–H groups in total. The summed E-state index contributed by atoms with van der Waals surface area (Å²) < 4.78 is 0. The Morgan fingerprint density at radius 1 is 0.958 bits per heavy atom. The third-order valence-electron chi connectivity index (χ3n) is 3.34. The van der Waals surface area contributed by atoms with Crippen LogP contribution >= 0.6 is 34.8 Å². The lowest BCUT2D eigenvalue weighted by atomic mass is 10.1. The van der Waals surface area contributed by atoms with Gasteiger partial charge in [0.1, 0.15) is 0 Å². The summed E-state index contributed by atoms with van der Waals surface area (Å²) in [6.07, 6.45) is 0.495. The quantitative estimate of drug-likeness (QED) is 0.773. The fraction of sp³-hybridized carbons (Fsp3) is 0.176. The van der Waals surface area contributed by atoms with E-state index in [0.717, 1.165) is 11.1 Å². The topological polar surface area (TPSA) is 58.2 Å². The highest BCUT2D eigenvalue weighted by molar-refractivity contribution is 6.39. The van der Waals surface area contributed by atoms with Gasteiger partial charge in [0.15, 0.2) is 0 Å². The van der Waals surface area contributed by atoms with Gasteiger partial charge in [-0.3, -0.25) is 9.59 Å². The van der Waals surface area contributed by atoms with Crippen molar-refractivity contribution < 1.29 is 9.59 Å².